The fourth-order valence-corrected chi connectivity index (χ4v) is 1.57. The van der Waals surface area contributed by atoms with E-state index in [0.29, 0.717) is 5.82 Å². The topological polar surface area (TPSA) is 37.8 Å². The molecule has 1 aliphatic heterocycles. The van der Waals surface area contributed by atoms with E-state index >= 15 is 0 Å². The summed E-state index contributed by atoms with van der Waals surface area (Å²) in [7, 11) is 0. The zero-order chi connectivity index (χ0) is 9.10. The van der Waals surface area contributed by atoms with Crippen molar-refractivity contribution in [1.82, 2.24) is 15.3 Å². The second kappa shape index (κ2) is 5.22. The Balaban J connectivity index is 0.000000980. The fraction of sp³-hybridized carbons (Fsp3) is 0.556. The lowest BCUT2D eigenvalue weighted by Crippen LogP contribution is -2.28. The van der Waals surface area contributed by atoms with Crippen LogP contribution >= 0.6 is 12.4 Å². The van der Waals surface area contributed by atoms with E-state index in [9.17, 15) is 4.39 Å². The van der Waals surface area contributed by atoms with Crippen LogP contribution in [0.15, 0.2) is 12.4 Å². The van der Waals surface area contributed by atoms with Crippen LogP contribution in [0.2, 0.25) is 0 Å². The molecule has 2 heterocycles. The molecule has 2 rings (SSSR count). The summed E-state index contributed by atoms with van der Waals surface area (Å²) in [5, 5.41) is 3.31. The molecule has 0 saturated carbocycles. The van der Waals surface area contributed by atoms with E-state index in [-0.39, 0.29) is 24.3 Å². The van der Waals surface area contributed by atoms with Crippen LogP contribution in [-0.2, 0) is 0 Å². The molecule has 1 unspecified atom stereocenters. The Morgan fingerprint density at radius 3 is 2.57 bits per heavy atom. The van der Waals surface area contributed by atoms with E-state index in [1.54, 1.807) is 0 Å². The van der Waals surface area contributed by atoms with Crippen LogP contribution in [0.1, 0.15) is 31.1 Å². The maximum absolute atomic E-state index is 12.5. The molecule has 0 aliphatic carbocycles. The van der Waals surface area contributed by atoms with Crippen LogP contribution in [0.4, 0.5) is 4.39 Å². The molecule has 1 saturated heterocycles. The number of halogens is 2. The van der Waals surface area contributed by atoms with Gasteiger partial charge in [-0.3, -0.25) is 0 Å². The SMILES string of the molecule is Cl.Fc1cnc(C2CCCCN2)nc1. The molecule has 78 valence electrons. The van der Waals surface area contributed by atoms with Crippen molar-refractivity contribution >= 4 is 12.4 Å². The molecule has 5 heteroatoms. The lowest BCUT2D eigenvalue weighted by Gasteiger charge is -2.21. The van der Waals surface area contributed by atoms with Gasteiger partial charge < -0.3 is 5.32 Å². The number of piperidine rings is 1. The van der Waals surface area contributed by atoms with Crippen LogP contribution in [0, 0.1) is 5.82 Å². The van der Waals surface area contributed by atoms with Gasteiger partial charge in [-0.2, -0.15) is 0 Å². The first-order valence-corrected chi connectivity index (χ1v) is 4.57. The molecule has 1 aromatic rings. The van der Waals surface area contributed by atoms with Crippen molar-refractivity contribution in [2.75, 3.05) is 6.54 Å². The molecule has 1 atom stereocenters. The van der Waals surface area contributed by atoms with Gasteiger partial charge in [0.1, 0.15) is 5.82 Å². The molecule has 0 radical (unpaired) electrons. The second-order valence-electron chi connectivity index (χ2n) is 3.26. The molecule has 1 fully saturated rings. The summed E-state index contributed by atoms with van der Waals surface area (Å²) in [6.07, 6.45) is 5.89. The first-order chi connectivity index (χ1) is 6.36. The Kier molecular flexibility index (Phi) is 4.22. The molecule has 3 nitrogen and oxygen atoms in total. The van der Waals surface area contributed by atoms with E-state index in [2.05, 4.69) is 15.3 Å². The zero-order valence-electron chi connectivity index (χ0n) is 7.74. The van der Waals surface area contributed by atoms with Crippen LogP contribution < -0.4 is 5.32 Å². The van der Waals surface area contributed by atoms with E-state index in [1.807, 2.05) is 0 Å². The van der Waals surface area contributed by atoms with Gasteiger partial charge in [0.15, 0.2) is 5.82 Å². The minimum absolute atomic E-state index is 0. The van der Waals surface area contributed by atoms with Gasteiger partial charge in [-0.05, 0) is 19.4 Å². The Bertz CT molecular complexity index is 272. The van der Waals surface area contributed by atoms with E-state index in [0.717, 1.165) is 13.0 Å². The fourth-order valence-electron chi connectivity index (χ4n) is 1.57. The highest BCUT2D eigenvalue weighted by atomic mass is 35.5. The monoisotopic (exact) mass is 217 g/mol. The largest absolute Gasteiger partial charge is 0.307 e. The van der Waals surface area contributed by atoms with Gasteiger partial charge in [0.2, 0.25) is 0 Å². The highest BCUT2D eigenvalue weighted by Crippen LogP contribution is 2.18. The highest BCUT2D eigenvalue weighted by Gasteiger charge is 2.16. The molecule has 1 aliphatic rings. The van der Waals surface area contributed by atoms with Crippen molar-refractivity contribution in [3.63, 3.8) is 0 Å². The quantitative estimate of drug-likeness (QED) is 0.780. The van der Waals surface area contributed by atoms with Gasteiger partial charge in [-0.25, -0.2) is 14.4 Å². The van der Waals surface area contributed by atoms with E-state index in [1.165, 1.54) is 25.2 Å². The highest BCUT2D eigenvalue weighted by molar-refractivity contribution is 5.85. The van der Waals surface area contributed by atoms with Crippen LogP contribution in [0.5, 0.6) is 0 Å². The number of rotatable bonds is 1. The van der Waals surface area contributed by atoms with E-state index < -0.39 is 0 Å². The molecular weight excluding hydrogens is 205 g/mol. The standard InChI is InChI=1S/C9H12FN3.ClH/c10-7-5-12-9(13-6-7)8-3-1-2-4-11-8;/h5-6,8,11H,1-4H2;1H. The van der Waals surface area contributed by atoms with Crippen molar-refractivity contribution in [3.05, 3.63) is 24.0 Å². The van der Waals surface area contributed by atoms with Gasteiger partial charge >= 0.3 is 0 Å². The van der Waals surface area contributed by atoms with Crippen molar-refractivity contribution < 1.29 is 4.39 Å². The second-order valence-corrected chi connectivity index (χ2v) is 3.26. The summed E-state index contributed by atoms with van der Waals surface area (Å²) in [5.74, 6) is 0.334. The first kappa shape index (κ1) is 11.3. The Hall–Kier alpha value is -0.740. The predicted molar refractivity (Wildman–Crippen MR) is 53.8 cm³/mol. The van der Waals surface area contributed by atoms with Crippen molar-refractivity contribution in [2.24, 2.45) is 0 Å². The molecule has 0 amide bonds. The van der Waals surface area contributed by atoms with Crippen LogP contribution in [0.3, 0.4) is 0 Å². The smallest absolute Gasteiger partial charge is 0.159 e. The van der Waals surface area contributed by atoms with Gasteiger partial charge in [-0.1, -0.05) is 6.42 Å². The molecule has 0 aromatic carbocycles. The van der Waals surface area contributed by atoms with E-state index in [4.69, 9.17) is 0 Å². The molecule has 14 heavy (non-hydrogen) atoms. The Labute approximate surface area is 88.6 Å². The summed E-state index contributed by atoms with van der Waals surface area (Å²) in [5.41, 5.74) is 0. The lowest BCUT2D eigenvalue weighted by molar-refractivity contribution is 0.395. The third-order valence-electron chi connectivity index (χ3n) is 2.26. The number of nitrogens with one attached hydrogen (secondary N) is 1. The summed E-state index contributed by atoms with van der Waals surface area (Å²) in [6.45, 7) is 1.01. The Morgan fingerprint density at radius 2 is 2.00 bits per heavy atom. The summed E-state index contributed by atoms with van der Waals surface area (Å²) in [6, 6.07) is 0.217. The summed E-state index contributed by atoms with van der Waals surface area (Å²) >= 11 is 0. The van der Waals surface area contributed by atoms with Gasteiger partial charge in [0.05, 0.1) is 18.4 Å². The summed E-state index contributed by atoms with van der Waals surface area (Å²) < 4.78 is 12.5. The minimum Gasteiger partial charge on any atom is -0.307 e. The maximum Gasteiger partial charge on any atom is 0.159 e. The molecule has 1 aromatic heterocycles. The zero-order valence-corrected chi connectivity index (χ0v) is 8.56. The number of hydrogen-bond acceptors (Lipinski definition) is 3. The number of aromatic nitrogens is 2. The van der Waals surface area contributed by atoms with Crippen LogP contribution in [-0.4, -0.2) is 16.5 Å². The Morgan fingerprint density at radius 1 is 1.29 bits per heavy atom. The van der Waals surface area contributed by atoms with Crippen LogP contribution in [0.25, 0.3) is 0 Å². The lowest BCUT2D eigenvalue weighted by atomic mass is 10.0. The molecule has 0 spiro atoms. The molecule has 1 N–H and O–H groups in total. The average Bonchev–Trinajstić information content (AvgIpc) is 2.20. The van der Waals surface area contributed by atoms with Crippen molar-refractivity contribution in [2.45, 2.75) is 25.3 Å². The predicted octanol–water partition coefficient (Wildman–Crippen LogP) is 1.85. The first-order valence-electron chi connectivity index (χ1n) is 4.57. The third kappa shape index (κ3) is 2.62. The third-order valence-corrected chi connectivity index (χ3v) is 2.26. The molecule has 0 bridgehead atoms. The molecular formula is C9H13ClFN3. The van der Waals surface area contributed by atoms with Gasteiger partial charge in [-0.15, -0.1) is 12.4 Å². The summed E-state index contributed by atoms with van der Waals surface area (Å²) in [4.78, 5) is 7.91. The average molecular weight is 218 g/mol. The number of nitrogens with zero attached hydrogens (tertiary/aromatic N) is 2. The normalized spacial score (nSPS) is 21.4. The van der Waals surface area contributed by atoms with Crippen molar-refractivity contribution in [3.8, 4) is 0 Å². The van der Waals surface area contributed by atoms with Gasteiger partial charge in [0, 0.05) is 0 Å². The van der Waals surface area contributed by atoms with Crippen molar-refractivity contribution in [1.29, 1.82) is 0 Å². The maximum atomic E-state index is 12.5. The minimum atomic E-state index is -0.375. The number of hydrogen-bond donors (Lipinski definition) is 1. The van der Waals surface area contributed by atoms with Gasteiger partial charge in [0.25, 0.3) is 0 Å².